The number of rotatable bonds is 10. The number of aliphatic carboxylic acids is 1. The highest BCUT2D eigenvalue weighted by molar-refractivity contribution is 6.45. The van der Waals surface area contributed by atoms with E-state index in [0.717, 1.165) is 5.56 Å². The second-order valence-corrected chi connectivity index (χ2v) is 8.37. The molecule has 0 saturated heterocycles. The van der Waals surface area contributed by atoms with Gasteiger partial charge >= 0.3 is 5.97 Å². The number of Topliss-reactive ketones (excluding diaryl/α,β-unsaturated/α-hetero) is 1. The highest BCUT2D eigenvalue weighted by Crippen LogP contribution is 2.30. The fourth-order valence-corrected chi connectivity index (χ4v) is 3.52. The van der Waals surface area contributed by atoms with E-state index < -0.39 is 28.8 Å². The van der Waals surface area contributed by atoms with E-state index in [1.54, 1.807) is 45.0 Å². The molecule has 0 bridgehead atoms. The lowest BCUT2D eigenvalue weighted by Crippen LogP contribution is -2.40. The minimum Gasteiger partial charge on any atom is -0.487 e. The van der Waals surface area contributed by atoms with E-state index in [4.69, 9.17) is 14.6 Å². The first kappa shape index (κ1) is 23.9. The fourth-order valence-electron chi connectivity index (χ4n) is 3.52. The summed E-state index contributed by atoms with van der Waals surface area (Å²) in [7, 11) is 0. The van der Waals surface area contributed by atoms with Crippen molar-refractivity contribution in [2.75, 3.05) is 0 Å². The lowest BCUT2D eigenvalue weighted by Gasteiger charge is -2.26. The number of carbonyl (C=O) groups excluding carboxylic acids is 1. The number of ketones is 1. The second kappa shape index (κ2) is 9.81. The van der Waals surface area contributed by atoms with Gasteiger partial charge in [-0.15, -0.1) is 0 Å². The third-order valence-corrected chi connectivity index (χ3v) is 5.71. The molecule has 0 saturated carbocycles. The number of hydrogen-bond donors (Lipinski definition) is 2. The third-order valence-electron chi connectivity index (χ3n) is 5.71. The number of carboxylic acid groups (broad SMARTS) is 1. The molecule has 7 nitrogen and oxygen atoms in total. The summed E-state index contributed by atoms with van der Waals surface area (Å²) >= 11 is 0. The summed E-state index contributed by atoms with van der Waals surface area (Å²) in [5.74, 6) is -1.09. The van der Waals surface area contributed by atoms with Crippen LogP contribution >= 0.6 is 0 Å². The molecular formula is C26H28N2O5. The summed E-state index contributed by atoms with van der Waals surface area (Å²) in [5.41, 5.74) is 0.709. The second-order valence-electron chi connectivity index (χ2n) is 8.37. The Hall–Kier alpha value is -3.74. The molecule has 2 aromatic carbocycles. The van der Waals surface area contributed by atoms with E-state index in [2.05, 4.69) is 4.98 Å². The van der Waals surface area contributed by atoms with Gasteiger partial charge in [-0.1, -0.05) is 37.3 Å². The Morgan fingerprint density at radius 2 is 1.85 bits per heavy atom. The zero-order chi connectivity index (χ0) is 24.2. The van der Waals surface area contributed by atoms with E-state index in [0.29, 0.717) is 28.7 Å². The van der Waals surface area contributed by atoms with Crippen molar-refractivity contribution in [3.63, 3.8) is 0 Å². The normalized spacial score (nSPS) is 12.2. The van der Waals surface area contributed by atoms with Gasteiger partial charge in [-0.05, 0) is 57.0 Å². The van der Waals surface area contributed by atoms with E-state index in [9.17, 15) is 14.7 Å². The standard InChI is InChI=1S/C26H28N2O5/c1-5-20(25(30)31)22(27)23(29)26(3,4)18-12-9-13-19(14-18)32-15-21-16(2)33-24(28-21)17-10-7-6-8-11-17/h6-14,20,27H,5,15H2,1-4H3,(H,30,31)/t20-/m1/s1. The first-order chi connectivity index (χ1) is 15.6. The average molecular weight is 449 g/mol. The Morgan fingerprint density at radius 3 is 2.48 bits per heavy atom. The van der Waals surface area contributed by atoms with Crippen molar-refractivity contribution in [3.05, 3.63) is 71.6 Å². The van der Waals surface area contributed by atoms with Crippen LogP contribution in [0.15, 0.2) is 59.0 Å². The molecule has 3 rings (SSSR count). The number of carbonyl (C=O) groups is 2. The molecule has 0 amide bonds. The van der Waals surface area contributed by atoms with Gasteiger partial charge in [-0.25, -0.2) is 4.98 Å². The van der Waals surface area contributed by atoms with E-state index >= 15 is 0 Å². The van der Waals surface area contributed by atoms with Crippen molar-refractivity contribution in [1.82, 2.24) is 4.98 Å². The zero-order valence-corrected chi connectivity index (χ0v) is 19.2. The first-order valence-electron chi connectivity index (χ1n) is 10.8. The van der Waals surface area contributed by atoms with Crippen LogP contribution in [0.4, 0.5) is 0 Å². The van der Waals surface area contributed by atoms with Crippen molar-refractivity contribution in [1.29, 1.82) is 5.41 Å². The van der Waals surface area contributed by atoms with Crippen LogP contribution in [0.5, 0.6) is 5.75 Å². The predicted molar refractivity (Wildman–Crippen MR) is 125 cm³/mol. The average Bonchev–Trinajstić information content (AvgIpc) is 3.18. The van der Waals surface area contributed by atoms with Gasteiger partial charge in [0.25, 0.3) is 0 Å². The summed E-state index contributed by atoms with van der Waals surface area (Å²) in [6.07, 6.45) is 0.182. The summed E-state index contributed by atoms with van der Waals surface area (Å²) in [6, 6.07) is 16.6. The number of nitrogens with one attached hydrogen (secondary N) is 1. The molecule has 0 radical (unpaired) electrons. The predicted octanol–water partition coefficient (Wildman–Crippen LogP) is 5.21. The van der Waals surface area contributed by atoms with Crippen LogP contribution in [0.3, 0.4) is 0 Å². The molecular weight excluding hydrogens is 420 g/mol. The van der Waals surface area contributed by atoms with Crippen LogP contribution in [0, 0.1) is 18.3 Å². The van der Waals surface area contributed by atoms with Crippen molar-refractivity contribution in [2.24, 2.45) is 5.92 Å². The van der Waals surface area contributed by atoms with Crippen LogP contribution < -0.4 is 4.74 Å². The Balaban J connectivity index is 1.76. The Kier molecular flexibility index (Phi) is 7.11. The molecule has 33 heavy (non-hydrogen) atoms. The molecule has 0 unspecified atom stereocenters. The number of ether oxygens (including phenoxy) is 1. The molecule has 0 aliphatic rings. The van der Waals surface area contributed by atoms with Gasteiger partial charge in [0.1, 0.15) is 29.7 Å². The maximum absolute atomic E-state index is 13.0. The van der Waals surface area contributed by atoms with Crippen LogP contribution in [-0.2, 0) is 21.6 Å². The van der Waals surface area contributed by atoms with Crippen LogP contribution in [0.25, 0.3) is 11.5 Å². The van der Waals surface area contributed by atoms with E-state index in [1.165, 1.54) is 0 Å². The number of hydrogen-bond acceptors (Lipinski definition) is 6. The lowest BCUT2D eigenvalue weighted by atomic mass is 9.76. The Bertz CT molecular complexity index is 1160. The minimum absolute atomic E-state index is 0.182. The maximum Gasteiger partial charge on any atom is 0.312 e. The van der Waals surface area contributed by atoms with E-state index in [-0.39, 0.29) is 13.0 Å². The number of aryl methyl sites for hydroxylation is 1. The van der Waals surface area contributed by atoms with Gasteiger partial charge in [0, 0.05) is 5.56 Å². The maximum atomic E-state index is 13.0. The van der Waals surface area contributed by atoms with Crippen molar-refractivity contribution in [2.45, 2.75) is 46.1 Å². The quantitative estimate of drug-likeness (QED) is 0.412. The monoisotopic (exact) mass is 448 g/mol. The van der Waals surface area contributed by atoms with Gasteiger partial charge in [-0.2, -0.15) is 0 Å². The fraction of sp³-hybridized carbons (Fsp3) is 0.308. The summed E-state index contributed by atoms with van der Waals surface area (Å²) in [4.78, 5) is 28.9. The number of carboxylic acids is 1. The summed E-state index contributed by atoms with van der Waals surface area (Å²) in [6.45, 7) is 7.04. The molecule has 0 fully saturated rings. The SMILES string of the molecule is CC[C@H](C(=N)C(=O)C(C)(C)c1cccc(OCc2nc(-c3ccccc3)oc2C)c1)C(=O)O. The van der Waals surface area contributed by atoms with Gasteiger partial charge in [0.05, 0.1) is 11.1 Å². The van der Waals surface area contributed by atoms with Crippen LogP contribution in [0.1, 0.15) is 44.2 Å². The highest BCUT2D eigenvalue weighted by Gasteiger charge is 2.37. The van der Waals surface area contributed by atoms with Gasteiger partial charge in [0.15, 0.2) is 5.78 Å². The molecule has 0 aliphatic carbocycles. The topological polar surface area (TPSA) is 113 Å². The molecule has 1 aromatic heterocycles. The Labute approximate surface area is 192 Å². The van der Waals surface area contributed by atoms with Gasteiger partial charge < -0.3 is 19.7 Å². The van der Waals surface area contributed by atoms with Gasteiger partial charge in [-0.3, -0.25) is 9.59 Å². The minimum atomic E-state index is -1.17. The summed E-state index contributed by atoms with van der Waals surface area (Å²) < 4.78 is 11.7. The third kappa shape index (κ3) is 5.19. The zero-order valence-electron chi connectivity index (χ0n) is 19.2. The number of oxazole rings is 1. The number of aromatic nitrogens is 1. The van der Waals surface area contributed by atoms with Crippen molar-refractivity contribution >= 4 is 17.5 Å². The first-order valence-corrected chi connectivity index (χ1v) is 10.8. The smallest absolute Gasteiger partial charge is 0.312 e. The van der Waals surface area contributed by atoms with Crippen molar-refractivity contribution in [3.8, 4) is 17.2 Å². The molecule has 2 N–H and O–H groups in total. The number of nitrogens with zero attached hydrogens (tertiary/aromatic N) is 1. The summed E-state index contributed by atoms with van der Waals surface area (Å²) in [5, 5.41) is 17.5. The van der Waals surface area contributed by atoms with Gasteiger partial charge in [0.2, 0.25) is 5.89 Å². The van der Waals surface area contributed by atoms with Crippen LogP contribution in [-0.4, -0.2) is 27.6 Å². The largest absolute Gasteiger partial charge is 0.487 e. The molecule has 0 aliphatic heterocycles. The highest BCUT2D eigenvalue weighted by atomic mass is 16.5. The Morgan fingerprint density at radius 1 is 1.15 bits per heavy atom. The van der Waals surface area contributed by atoms with Crippen LogP contribution in [0.2, 0.25) is 0 Å². The lowest BCUT2D eigenvalue weighted by molar-refractivity contribution is -0.140. The molecule has 1 atom stereocenters. The number of benzene rings is 2. The molecule has 1 heterocycles. The molecule has 3 aromatic rings. The van der Waals surface area contributed by atoms with Crippen molar-refractivity contribution < 1.29 is 23.8 Å². The van der Waals surface area contributed by atoms with E-state index in [1.807, 2.05) is 37.3 Å². The molecule has 172 valence electrons. The molecule has 0 spiro atoms. The molecule has 7 heteroatoms.